The summed E-state index contributed by atoms with van der Waals surface area (Å²) in [4.78, 5) is 0. The summed E-state index contributed by atoms with van der Waals surface area (Å²) in [5, 5.41) is 0. The first kappa shape index (κ1) is 11.1. The average molecular weight is 221 g/mol. The van der Waals surface area contributed by atoms with E-state index in [4.69, 9.17) is 11.6 Å². The van der Waals surface area contributed by atoms with Crippen LogP contribution in [-0.4, -0.2) is 5.88 Å². The molecule has 0 aliphatic rings. The van der Waals surface area contributed by atoms with Crippen LogP contribution in [0.1, 0.15) is 12.0 Å². The number of halogens is 4. The zero-order valence-electron chi connectivity index (χ0n) is 7.24. The van der Waals surface area contributed by atoms with Crippen molar-refractivity contribution >= 4 is 17.7 Å². The molecule has 0 aliphatic carbocycles. The van der Waals surface area contributed by atoms with Crippen molar-refractivity contribution in [2.45, 2.75) is 6.42 Å². The lowest BCUT2D eigenvalue weighted by atomic mass is 10.2. The van der Waals surface area contributed by atoms with Crippen molar-refractivity contribution in [3.05, 3.63) is 41.2 Å². The summed E-state index contributed by atoms with van der Waals surface area (Å²) in [6.45, 7) is 0. The summed E-state index contributed by atoms with van der Waals surface area (Å²) >= 11 is 5.38. The Bertz CT molecular complexity index is 347. The molecular formula is C10H8ClF3. The fourth-order valence-corrected chi connectivity index (χ4v) is 1.06. The Kier molecular flexibility index (Phi) is 4.01. The molecule has 0 nitrogen and oxygen atoms in total. The third-order valence-corrected chi connectivity index (χ3v) is 1.83. The lowest BCUT2D eigenvalue weighted by molar-refractivity contribution is 0.494. The van der Waals surface area contributed by atoms with E-state index in [2.05, 4.69) is 0 Å². The minimum Gasteiger partial charge on any atom is -0.206 e. The monoisotopic (exact) mass is 220 g/mol. The van der Waals surface area contributed by atoms with Gasteiger partial charge >= 0.3 is 0 Å². The summed E-state index contributed by atoms with van der Waals surface area (Å²) < 4.78 is 38.1. The van der Waals surface area contributed by atoms with Crippen LogP contribution in [0.25, 0.3) is 6.08 Å². The Morgan fingerprint density at radius 2 is 1.71 bits per heavy atom. The first-order chi connectivity index (χ1) is 6.65. The molecule has 0 saturated heterocycles. The normalized spacial score (nSPS) is 11.1. The molecule has 0 radical (unpaired) electrons. The molecular weight excluding hydrogens is 213 g/mol. The standard InChI is InChI=1S/C10H8ClF3/c11-4-2-1-3-7-5-9(13)10(14)6-8(7)12/h1,3,5-6H,2,4H2. The molecule has 1 aromatic rings. The van der Waals surface area contributed by atoms with E-state index in [-0.39, 0.29) is 5.56 Å². The highest BCUT2D eigenvalue weighted by molar-refractivity contribution is 6.17. The van der Waals surface area contributed by atoms with Gasteiger partial charge in [0.05, 0.1) is 0 Å². The third kappa shape index (κ3) is 2.77. The quantitative estimate of drug-likeness (QED) is 0.538. The highest BCUT2D eigenvalue weighted by atomic mass is 35.5. The summed E-state index contributed by atoms with van der Waals surface area (Å²) in [5.41, 5.74) is 0.0222. The Balaban J connectivity index is 2.92. The van der Waals surface area contributed by atoms with Crippen molar-refractivity contribution in [1.82, 2.24) is 0 Å². The van der Waals surface area contributed by atoms with Gasteiger partial charge in [-0.3, -0.25) is 0 Å². The van der Waals surface area contributed by atoms with Crippen molar-refractivity contribution in [3.8, 4) is 0 Å². The Morgan fingerprint density at radius 1 is 1.07 bits per heavy atom. The molecule has 4 heteroatoms. The minimum absolute atomic E-state index is 0.0222. The molecule has 0 unspecified atom stereocenters. The number of alkyl halides is 1. The van der Waals surface area contributed by atoms with Gasteiger partial charge in [0.25, 0.3) is 0 Å². The predicted octanol–water partition coefficient (Wildman–Crippen LogP) is 3.75. The van der Waals surface area contributed by atoms with Gasteiger partial charge in [0.2, 0.25) is 0 Å². The Hall–Kier alpha value is -0.960. The van der Waals surface area contributed by atoms with Crippen LogP contribution in [0.3, 0.4) is 0 Å². The molecule has 0 bridgehead atoms. The smallest absolute Gasteiger partial charge is 0.161 e. The number of benzene rings is 1. The van der Waals surface area contributed by atoms with E-state index in [1.807, 2.05) is 0 Å². The van der Waals surface area contributed by atoms with Crippen LogP contribution in [-0.2, 0) is 0 Å². The fraction of sp³-hybridized carbons (Fsp3) is 0.200. The summed E-state index contributed by atoms with van der Waals surface area (Å²) in [6, 6.07) is 1.34. The lowest BCUT2D eigenvalue weighted by Crippen LogP contribution is -1.90. The van der Waals surface area contributed by atoms with Gasteiger partial charge < -0.3 is 0 Å². The zero-order valence-corrected chi connectivity index (χ0v) is 7.99. The van der Waals surface area contributed by atoms with Crippen molar-refractivity contribution in [1.29, 1.82) is 0 Å². The maximum atomic E-state index is 13.0. The molecule has 0 saturated carbocycles. The second kappa shape index (κ2) is 5.05. The molecule has 1 aromatic carbocycles. The Labute approximate surface area is 85.0 Å². The lowest BCUT2D eigenvalue weighted by Gasteiger charge is -1.98. The van der Waals surface area contributed by atoms with Crippen LogP contribution in [0.5, 0.6) is 0 Å². The largest absolute Gasteiger partial charge is 0.206 e. The summed E-state index contributed by atoms with van der Waals surface area (Å²) in [6.07, 6.45) is 3.53. The molecule has 0 heterocycles. The van der Waals surface area contributed by atoms with Crippen LogP contribution in [0.2, 0.25) is 0 Å². The van der Waals surface area contributed by atoms with Gasteiger partial charge in [-0.1, -0.05) is 12.2 Å². The van der Waals surface area contributed by atoms with Gasteiger partial charge in [-0.05, 0) is 12.5 Å². The summed E-state index contributed by atoms with van der Waals surface area (Å²) in [7, 11) is 0. The molecule has 14 heavy (non-hydrogen) atoms. The molecule has 0 aromatic heterocycles. The molecule has 0 amide bonds. The molecule has 0 atom stereocenters. The Morgan fingerprint density at radius 3 is 2.36 bits per heavy atom. The first-order valence-electron chi connectivity index (χ1n) is 4.02. The minimum atomic E-state index is -1.18. The number of hydrogen-bond donors (Lipinski definition) is 0. The van der Waals surface area contributed by atoms with E-state index in [1.54, 1.807) is 6.08 Å². The van der Waals surface area contributed by atoms with Crippen molar-refractivity contribution < 1.29 is 13.2 Å². The van der Waals surface area contributed by atoms with E-state index >= 15 is 0 Å². The predicted molar refractivity (Wildman–Crippen MR) is 50.7 cm³/mol. The fourth-order valence-electron chi connectivity index (χ4n) is 0.939. The molecule has 76 valence electrons. The van der Waals surface area contributed by atoms with Crippen molar-refractivity contribution in [2.24, 2.45) is 0 Å². The molecule has 0 fully saturated rings. The van der Waals surface area contributed by atoms with Crippen LogP contribution >= 0.6 is 11.6 Å². The maximum Gasteiger partial charge on any atom is 0.161 e. The van der Waals surface area contributed by atoms with E-state index in [0.717, 1.165) is 6.07 Å². The van der Waals surface area contributed by atoms with Crippen molar-refractivity contribution in [3.63, 3.8) is 0 Å². The summed E-state index contributed by atoms with van der Waals surface area (Å²) in [5.74, 6) is -2.62. The number of rotatable bonds is 3. The average Bonchev–Trinajstić information content (AvgIpc) is 2.14. The van der Waals surface area contributed by atoms with E-state index in [9.17, 15) is 13.2 Å². The number of allylic oxidation sites excluding steroid dienone is 1. The molecule has 1 rings (SSSR count). The highest BCUT2D eigenvalue weighted by Gasteiger charge is 2.06. The highest BCUT2D eigenvalue weighted by Crippen LogP contribution is 2.15. The maximum absolute atomic E-state index is 13.0. The van der Waals surface area contributed by atoms with E-state index < -0.39 is 17.5 Å². The van der Waals surface area contributed by atoms with Gasteiger partial charge in [0, 0.05) is 17.5 Å². The van der Waals surface area contributed by atoms with Crippen LogP contribution in [0.4, 0.5) is 13.2 Å². The zero-order chi connectivity index (χ0) is 10.6. The molecule has 0 N–H and O–H groups in total. The van der Waals surface area contributed by atoms with E-state index in [1.165, 1.54) is 6.08 Å². The van der Waals surface area contributed by atoms with Gasteiger partial charge in [0.1, 0.15) is 5.82 Å². The van der Waals surface area contributed by atoms with Gasteiger partial charge in [-0.25, -0.2) is 13.2 Å². The molecule has 0 aliphatic heterocycles. The first-order valence-corrected chi connectivity index (χ1v) is 4.55. The van der Waals surface area contributed by atoms with Gasteiger partial charge in [-0.2, -0.15) is 0 Å². The second-order valence-electron chi connectivity index (χ2n) is 2.67. The SMILES string of the molecule is Fc1cc(F)c(C=CCCCl)cc1F. The van der Waals surface area contributed by atoms with E-state index in [0.29, 0.717) is 18.4 Å². The van der Waals surface area contributed by atoms with Crippen LogP contribution in [0, 0.1) is 17.5 Å². The van der Waals surface area contributed by atoms with Crippen LogP contribution in [0.15, 0.2) is 18.2 Å². The van der Waals surface area contributed by atoms with Gasteiger partial charge in [-0.15, -0.1) is 11.6 Å². The third-order valence-electron chi connectivity index (χ3n) is 1.61. The molecule has 0 spiro atoms. The van der Waals surface area contributed by atoms with Crippen molar-refractivity contribution in [2.75, 3.05) is 5.88 Å². The van der Waals surface area contributed by atoms with Crippen LogP contribution < -0.4 is 0 Å². The topological polar surface area (TPSA) is 0 Å². The van der Waals surface area contributed by atoms with Gasteiger partial charge in [0.15, 0.2) is 11.6 Å². The number of hydrogen-bond acceptors (Lipinski definition) is 0. The second-order valence-corrected chi connectivity index (χ2v) is 3.05.